The number of para-hydroxylation sites is 2. The van der Waals surface area contributed by atoms with E-state index >= 15 is 0 Å². The van der Waals surface area contributed by atoms with E-state index < -0.39 is 0 Å². The van der Waals surface area contributed by atoms with E-state index in [2.05, 4.69) is 102 Å². The highest BCUT2D eigenvalue weighted by Crippen LogP contribution is 2.44. The van der Waals surface area contributed by atoms with Crippen molar-refractivity contribution in [2.45, 2.75) is 0 Å². The summed E-state index contributed by atoms with van der Waals surface area (Å²) in [6.07, 6.45) is 0. The molecule has 190 valence electrons. The van der Waals surface area contributed by atoms with Crippen molar-refractivity contribution in [1.82, 2.24) is 4.57 Å². The van der Waals surface area contributed by atoms with Crippen molar-refractivity contribution in [1.29, 1.82) is 10.5 Å². The van der Waals surface area contributed by atoms with Gasteiger partial charge in [-0.25, -0.2) is 0 Å². The fourth-order valence-corrected chi connectivity index (χ4v) is 5.86. The SMILES string of the molecule is N#Cc1cc(C#N)cc(-c2c(-c3ccccc3)cc(-n3c4ccccc4c4ccccc43)cc2-c2ccccc2)c1. The average Bonchev–Trinajstić information content (AvgIpc) is 3.39. The Balaban J connectivity index is 1.65. The normalized spacial score (nSPS) is 10.9. The molecule has 0 aliphatic heterocycles. The minimum absolute atomic E-state index is 0.462. The summed E-state index contributed by atoms with van der Waals surface area (Å²) >= 11 is 0. The van der Waals surface area contributed by atoms with Gasteiger partial charge in [0, 0.05) is 16.5 Å². The summed E-state index contributed by atoms with van der Waals surface area (Å²) in [5, 5.41) is 22.0. The maximum absolute atomic E-state index is 9.81. The van der Waals surface area contributed by atoms with Crippen LogP contribution in [-0.4, -0.2) is 4.57 Å². The first kappa shape index (κ1) is 24.2. The number of hydrogen-bond donors (Lipinski definition) is 0. The van der Waals surface area contributed by atoms with Gasteiger partial charge in [-0.2, -0.15) is 10.5 Å². The number of nitrogens with zero attached hydrogens (tertiary/aromatic N) is 3. The highest BCUT2D eigenvalue weighted by molar-refractivity contribution is 6.09. The van der Waals surface area contributed by atoms with Crippen LogP contribution in [0.5, 0.6) is 0 Å². The van der Waals surface area contributed by atoms with Gasteiger partial charge in [0.1, 0.15) is 0 Å². The zero-order valence-corrected chi connectivity index (χ0v) is 22.1. The van der Waals surface area contributed by atoms with Gasteiger partial charge >= 0.3 is 0 Å². The summed E-state index contributed by atoms with van der Waals surface area (Å²) in [6.45, 7) is 0. The number of nitriles is 2. The molecule has 0 spiro atoms. The molecule has 7 rings (SSSR count). The molecule has 0 aliphatic rings. The predicted octanol–water partition coefficient (Wildman–Crippen LogP) is 9.53. The maximum atomic E-state index is 9.81. The topological polar surface area (TPSA) is 52.5 Å². The molecule has 1 aromatic heterocycles. The van der Waals surface area contributed by atoms with E-state index in [-0.39, 0.29) is 0 Å². The second-order valence-corrected chi connectivity index (χ2v) is 10.0. The van der Waals surface area contributed by atoms with Crippen LogP contribution in [0.1, 0.15) is 11.1 Å². The van der Waals surface area contributed by atoms with Gasteiger partial charge in [0.25, 0.3) is 0 Å². The Bertz CT molecular complexity index is 2010. The second kappa shape index (κ2) is 10.0. The Labute approximate surface area is 238 Å². The number of benzene rings is 6. The standard InChI is InChI=1S/C38H23N3/c39-24-26-19-27(25-40)21-30(20-26)38-34(28-11-3-1-4-12-28)22-31(23-35(38)29-13-5-2-6-14-29)41-36-17-9-7-15-32(36)33-16-8-10-18-37(33)41/h1-23H. The van der Waals surface area contributed by atoms with Crippen LogP contribution in [0.2, 0.25) is 0 Å². The molecule has 0 fully saturated rings. The van der Waals surface area contributed by atoms with Gasteiger partial charge in [0.2, 0.25) is 0 Å². The monoisotopic (exact) mass is 521 g/mol. The summed E-state index contributed by atoms with van der Waals surface area (Å²) in [5.74, 6) is 0. The lowest BCUT2D eigenvalue weighted by Crippen LogP contribution is -1.99. The van der Waals surface area contributed by atoms with E-state index in [1.54, 1.807) is 6.07 Å². The van der Waals surface area contributed by atoms with Crippen LogP contribution in [0, 0.1) is 22.7 Å². The lowest BCUT2D eigenvalue weighted by molar-refractivity contribution is 1.18. The van der Waals surface area contributed by atoms with Crippen molar-refractivity contribution in [2.75, 3.05) is 0 Å². The largest absolute Gasteiger partial charge is 0.309 e. The van der Waals surface area contributed by atoms with Crippen molar-refractivity contribution in [3.63, 3.8) is 0 Å². The van der Waals surface area contributed by atoms with Gasteiger partial charge in [-0.05, 0) is 75.8 Å². The van der Waals surface area contributed by atoms with E-state index in [0.29, 0.717) is 11.1 Å². The van der Waals surface area contributed by atoms with Crippen molar-refractivity contribution in [3.05, 3.63) is 151 Å². The first-order chi connectivity index (χ1) is 20.2. The molecule has 0 aliphatic carbocycles. The Morgan fingerprint density at radius 2 is 0.878 bits per heavy atom. The fraction of sp³-hybridized carbons (Fsp3) is 0. The minimum Gasteiger partial charge on any atom is -0.309 e. The van der Waals surface area contributed by atoms with Crippen LogP contribution in [0.15, 0.2) is 140 Å². The Morgan fingerprint density at radius 3 is 1.34 bits per heavy atom. The van der Waals surface area contributed by atoms with E-state index in [9.17, 15) is 10.5 Å². The Morgan fingerprint density at radius 1 is 0.439 bits per heavy atom. The number of hydrogen-bond acceptors (Lipinski definition) is 2. The smallest absolute Gasteiger partial charge is 0.0992 e. The molecule has 6 aromatic carbocycles. The van der Waals surface area contributed by atoms with Crippen molar-refractivity contribution >= 4 is 21.8 Å². The van der Waals surface area contributed by atoms with Gasteiger partial charge in [0.15, 0.2) is 0 Å². The first-order valence-electron chi connectivity index (χ1n) is 13.5. The molecule has 0 saturated carbocycles. The molecule has 7 aromatic rings. The Kier molecular flexibility index (Phi) is 5.90. The molecule has 0 radical (unpaired) electrons. The van der Waals surface area contributed by atoms with Crippen LogP contribution in [0.3, 0.4) is 0 Å². The van der Waals surface area contributed by atoms with E-state index in [1.807, 2.05) is 48.5 Å². The third kappa shape index (κ3) is 4.14. The fourth-order valence-electron chi connectivity index (χ4n) is 5.86. The van der Waals surface area contributed by atoms with E-state index in [4.69, 9.17) is 0 Å². The molecular formula is C38H23N3. The van der Waals surface area contributed by atoms with Crippen molar-refractivity contribution < 1.29 is 0 Å². The minimum atomic E-state index is 0.462. The van der Waals surface area contributed by atoms with Gasteiger partial charge in [0.05, 0.1) is 34.3 Å². The molecular weight excluding hydrogens is 498 g/mol. The number of aromatic nitrogens is 1. The van der Waals surface area contributed by atoms with Crippen LogP contribution in [-0.2, 0) is 0 Å². The molecule has 0 saturated heterocycles. The van der Waals surface area contributed by atoms with Crippen molar-refractivity contribution in [3.8, 4) is 51.2 Å². The number of rotatable bonds is 4. The third-order valence-corrected chi connectivity index (χ3v) is 7.61. The van der Waals surface area contributed by atoms with E-state index in [0.717, 1.165) is 50.1 Å². The molecule has 3 nitrogen and oxygen atoms in total. The molecule has 0 amide bonds. The van der Waals surface area contributed by atoms with E-state index in [1.165, 1.54) is 10.8 Å². The molecule has 41 heavy (non-hydrogen) atoms. The lowest BCUT2D eigenvalue weighted by Gasteiger charge is -2.20. The molecule has 0 unspecified atom stereocenters. The highest BCUT2D eigenvalue weighted by atomic mass is 15.0. The molecule has 0 atom stereocenters. The first-order valence-corrected chi connectivity index (χ1v) is 13.5. The summed E-state index contributed by atoms with van der Waals surface area (Å²) in [6, 6.07) is 52.1. The summed E-state index contributed by atoms with van der Waals surface area (Å²) in [5.41, 5.74) is 10.2. The number of fused-ring (bicyclic) bond motifs is 3. The third-order valence-electron chi connectivity index (χ3n) is 7.61. The highest BCUT2D eigenvalue weighted by Gasteiger charge is 2.20. The average molecular weight is 522 g/mol. The Hall–Kier alpha value is -5.90. The van der Waals surface area contributed by atoms with Gasteiger partial charge < -0.3 is 4.57 Å². The summed E-state index contributed by atoms with van der Waals surface area (Å²) in [4.78, 5) is 0. The van der Waals surface area contributed by atoms with Crippen molar-refractivity contribution in [2.24, 2.45) is 0 Å². The van der Waals surface area contributed by atoms with Gasteiger partial charge in [-0.15, -0.1) is 0 Å². The zero-order chi connectivity index (χ0) is 27.8. The molecule has 0 bridgehead atoms. The zero-order valence-electron chi connectivity index (χ0n) is 22.1. The second-order valence-electron chi connectivity index (χ2n) is 10.0. The quantitative estimate of drug-likeness (QED) is 0.232. The van der Waals surface area contributed by atoms with Gasteiger partial charge in [-0.1, -0.05) is 97.1 Å². The van der Waals surface area contributed by atoms with Crippen LogP contribution in [0.25, 0.3) is 60.9 Å². The van der Waals surface area contributed by atoms with Crippen LogP contribution < -0.4 is 0 Å². The summed E-state index contributed by atoms with van der Waals surface area (Å²) in [7, 11) is 0. The van der Waals surface area contributed by atoms with Crippen LogP contribution >= 0.6 is 0 Å². The van der Waals surface area contributed by atoms with Gasteiger partial charge in [-0.3, -0.25) is 0 Å². The maximum Gasteiger partial charge on any atom is 0.0992 e. The molecule has 0 N–H and O–H groups in total. The molecule has 1 heterocycles. The summed E-state index contributed by atoms with van der Waals surface area (Å²) < 4.78 is 2.33. The lowest BCUT2D eigenvalue weighted by atomic mass is 9.86. The molecule has 3 heteroatoms. The predicted molar refractivity (Wildman–Crippen MR) is 167 cm³/mol. The van der Waals surface area contributed by atoms with Crippen LogP contribution in [0.4, 0.5) is 0 Å².